The number of esters is 1. The Labute approximate surface area is 154 Å². The lowest BCUT2D eigenvalue weighted by Gasteiger charge is -2.16. The molecule has 1 atom stereocenters. The van der Waals surface area contributed by atoms with Crippen molar-refractivity contribution in [1.29, 1.82) is 0 Å². The van der Waals surface area contributed by atoms with E-state index >= 15 is 0 Å². The zero-order valence-electron chi connectivity index (χ0n) is 14.5. The third-order valence-electron chi connectivity index (χ3n) is 4.31. The van der Waals surface area contributed by atoms with Crippen molar-refractivity contribution in [2.24, 2.45) is 5.92 Å². The molecule has 27 heavy (non-hydrogen) atoms. The fourth-order valence-corrected chi connectivity index (χ4v) is 2.91. The Kier molecular flexibility index (Phi) is 4.98. The maximum Gasteiger partial charge on any atom is 0.316 e. The number of rotatable bonds is 5. The SMILES string of the molecule is CC(=O)c1ccccc1OC(=O)[C@@H]1CC(=O)N(c2ccc([N+](=O)[O-])cc2)C1. The second-order valence-corrected chi connectivity index (χ2v) is 6.15. The summed E-state index contributed by atoms with van der Waals surface area (Å²) in [5.74, 6) is -1.62. The molecule has 1 amide bonds. The van der Waals surface area contributed by atoms with Gasteiger partial charge in [-0.25, -0.2) is 0 Å². The number of amides is 1. The summed E-state index contributed by atoms with van der Waals surface area (Å²) < 4.78 is 5.35. The monoisotopic (exact) mass is 368 g/mol. The summed E-state index contributed by atoms with van der Waals surface area (Å²) in [6, 6.07) is 12.0. The fourth-order valence-electron chi connectivity index (χ4n) is 2.91. The minimum atomic E-state index is -0.687. The number of anilines is 1. The Balaban J connectivity index is 1.72. The van der Waals surface area contributed by atoms with E-state index in [0.717, 1.165) is 0 Å². The van der Waals surface area contributed by atoms with E-state index in [2.05, 4.69) is 0 Å². The highest BCUT2D eigenvalue weighted by Gasteiger charge is 2.36. The maximum atomic E-state index is 12.5. The standard InChI is InChI=1S/C19H16N2O6/c1-12(22)16-4-2-3-5-17(16)27-19(24)13-10-18(23)20(11-13)14-6-8-15(9-7-14)21(25)26/h2-9,13H,10-11H2,1H3/t13-/m1/s1. The quantitative estimate of drug-likeness (QED) is 0.264. The van der Waals surface area contributed by atoms with Gasteiger partial charge in [0.1, 0.15) is 5.75 Å². The minimum absolute atomic E-state index is 0.0297. The van der Waals surface area contributed by atoms with Crippen molar-refractivity contribution in [1.82, 2.24) is 0 Å². The lowest BCUT2D eigenvalue weighted by Crippen LogP contribution is -2.27. The number of ketones is 1. The van der Waals surface area contributed by atoms with Gasteiger partial charge in [-0.1, -0.05) is 12.1 Å². The van der Waals surface area contributed by atoms with Gasteiger partial charge >= 0.3 is 5.97 Å². The van der Waals surface area contributed by atoms with Gasteiger partial charge in [-0.05, 0) is 31.2 Å². The van der Waals surface area contributed by atoms with E-state index < -0.39 is 16.8 Å². The van der Waals surface area contributed by atoms with Crippen LogP contribution in [-0.4, -0.2) is 29.1 Å². The van der Waals surface area contributed by atoms with Crippen LogP contribution in [0.2, 0.25) is 0 Å². The number of carbonyl (C=O) groups excluding carboxylic acids is 3. The van der Waals surface area contributed by atoms with Crippen LogP contribution in [0.3, 0.4) is 0 Å². The molecule has 0 unspecified atom stereocenters. The zero-order chi connectivity index (χ0) is 19.6. The van der Waals surface area contributed by atoms with Crippen molar-refractivity contribution in [2.45, 2.75) is 13.3 Å². The summed E-state index contributed by atoms with van der Waals surface area (Å²) in [6.45, 7) is 1.49. The van der Waals surface area contributed by atoms with Gasteiger partial charge in [-0.15, -0.1) is 0 Å². The molecule has 2 aromatic rings. The molecule has 1 aliphatic heterocycles. The molecule has 0 spiro atoms. The Morgan fingerprint density at radius 2 is 1.81 bits per heavy atom. The Bertz CT molecular complexity index is 922. The van der Waals surface area contributed by atoms with Gasteiger partial charge in [-0.3, -0.25) is 24.5 Å². The van der Waals surface area contributed by atoms with E-state index in [1.54, 1.807) is 18.2 Å². The first kappa shape index (κ1) is 18.2. The summed E-state index contributed by atoms with van der Waals surface area (Å²) in [5, 5.41) is 10.7. The number of Topliss-reactive ketones (excluding diaryl/α,β-unsaturated/α-hetero) is 1. The summed E-state index contributed by atoms with van der Waals surface area (Å²) >= 11 is 0. The third kappa shape index (κ3) is 3.84. The Hall–Kier alpha value is -3.55. The molecule has 138 valence electrons. The summed E-state index contributed by atoms with van der Waals surface area (Å²) in [5.41, 5.74) is 0.689. The van der Waals surface area contributed by atoms with Crippen LogP contribution >= 0.6 is 0 Å². The van der Waals surface area contributed by atoms with Gasteiger partial charge in [0, 0.05) is 30.8 Å². The predicted molar refractivity (Wildman–Crippen MR) is 95.6 cm³/mol. The first-order chi connectivity index (χ1) is 12.9. The highest BCUT2D eigenvalue weighted by atomic mass is 16.6. The fraction of sp³-hybridized carbons (Fsp3) is 0.211. The van der Waals surface area contributed by atoms with Gasteiger partial charge in [-0.2, -0.15) is 0 Å². The molecular weight excluding hydrogens is 352 g/mol. The zero-order valence-corrected chi connectivity index (χ0v) is 14.5. The van der Waals surface area contributed by atoms with E-state index in [1.165, 1.54) is 42.2 Å². The lowest BCUT2D eigenvalue weighted by atomic mass is 10.1. The number of hydrogen-bond donors (Lipinski definition) is 0. The highest BCUT2D eigenvalue weighted by Crippen LogP contribution is 2.28. The number of carbonyl (C=O) groups is 3. The van der Waals surface area contributed by atoms with Crippen LogP contribution < -0.4 is 9.64 Å². The third-order valence-corrected chi connectivity index (χ3v) is 4.31. The van der Waals surface area contributed by atoms with Gasteiger partial charge in [0.05, 0.1) is 16.4 Å². The van der Waals surface area contributed by atoms with E-state index in [-0.39, 0.29) is 36.1 Å². The van der Waals surface area contributed by atoms with Crippen molar-refractivity contribution in [2.75, 3.05) is 11.4 Å². The van der Waals surface area contributed by atoms with Crippen LogP contribution in [0.25, 0.3) is 0 Å². The number of para-hydroxylation sites is 1. The number of nitrogens with zero attached hydrogens (tertiary/aromatic N) is 2. The van der Waals surface area contributed by atoms with Gasteiger partial charge in [0.2, 0.25) is 5.91 Å². The smallest absolute Gasteiger partial charge is 0.316 e. The van der Waals surface area contributed by atoms with Crippen LogP contribution in [0.4, 0.5) is 11.4 Å². The second-order valence-electron chi connectivity index (χ2n) is 6.15. The van der Waals surface area contributed by atoms with Crippen LogP contribution in [0, 0.1) is 16.0 Å². The number of nitro groups is 1. The van der Waals surface area contributed by atoms with Crippen molar-refractivity contribution in [3.05, 3.63) is 64.2 Å². The maximum absolute atomic E-state index is 12.5. The van der Waals surface area contributed by atoms with Crippen molar-refractivity contribution in [3.8, 4) is 5.75 Å². The number of ether oxygens (including phenoxy) is 1. The van der Waals surface area contributed by atoms with Gasteiger partial charge < -0.3 is 9.64 Å². The van der Waals surface area contributed by atoms with Crippen LogP contribution in [-0.2, 0) is 9.59 Å². The summed E-state index contributed by atoms with van der Waals surface area (Å²) in [7, 11) is 0. The van der Waals surface area contributed by atoms with E-state index in [1.807, 2.05) is 0 Å². The lowest BCUT2D eigenvalue weighted by molar-refractivity contribution is -0.384. The average Bonchev–Trinajstić information content (AvgIpc) is 3.04. The van der Waals surface area contributed by atoms with E-state index in [4.69, 9.17) is 4.74 Å². The highest BCUT2D eigenvalue weighted by molar-refractivity contribution is 6.01. The first-order valence-electron chi connectivity index (χ1n) is 8.23. The average molecular weight is 368 g/mol. The topological polar surface area (TPSA) is 107 Å². The summed E-state index contributed by atoms with van der Waals surface area (Å²) in [4.78, 5) is 47.9. The molecule has 0 aromatic heterocycles. The Morgan fingerprint density at radius 3 is 2.44 bits per heavy atom. The molecule has 0 saturated carbocycles. The molecule has 0 bridgehead atoms. The van der Waals surface area contributed by atoms with Crippen molar-refractivity contribution >= 4 is 29.0 Å². The normalized spacial score (nSPS) is 16.3. The molecule has 8 nitrogen and oxygen atoms in total. The molecule has 0 aliphatic carbocycles. The van der Waals surface area contributed by atoms with Crippen LogP contribution in [0.1, 0.15) is 23.7 Å². The molecule has 1 heterocycles. The molecular formula is C19H16N2O6. The molecule has 0 N–H and O–H groups in total. The summed E-state index contributed by atoms with van der Waals surface area (Å²) in [6.07, 6.45) is -0.0297. The number of non-ortho nitro benzene ring substituents is 1. The molecule has 1 aliphatic rings. The number of benzene rings is 2. The molecule has 2 aromatic carbocycles. The van der Waals surface area contributed by atoms with Crippen molar-refractivity contribution in [3.63, 3.8) is 0 Å². The predicted octanol–water partition coefficient (Wildman–Crippen LogP) is 2.76. The first-order valence-corrected chi connectivity index (χ1v) is 8.23. The number of hydrogen-bond acceptors (Lipinski definition) is 6. The Morgan fingerprint density at radius 1 is 1.15 bits per heavy atom. The van der Waals surface area contributed by atoms with Gasteiger partial charge in [0.25, 0.3) is 5.69 Å². The van der Waals surface area contributed by atoms with Crippen LogP contribution in [0.5, 0.6) is 5.75 Å². The molecule has 1 saturated heterocycles. The molecule has 8 heteroatoms. The molecule has 3 rings (SSSR count). The number of nitro benzene ring substituents is 1. The molecule has 1 fully saturated rings. The second kappa shape index (κ2) is 7.36. The van der Waals surface area contributed by atoms with E-state index in [0.29, 0.717) is 11.3 Å². The van der Waals surface area contributed by atoms with Crippen molar-refractivity contribution < 1.29 is 24.0 Å². The minimum Gasteiger partial charge on any atom is -0.425 e. The van der Waals surface area contributed by atoms with Crippen LogP contribution in [0.15, 0.2) is 48.5 Å². The van der Waals surface area contributed by atoms with E-state index in [9.17, 15) is 24.5 Å². The molecule has 0 radical (unpaired) electrons. The largest absolute Gasteiger partial charge is 0.425 e. The van der Waals surface area contributed by atoms with Gasteiger partial charge in [0.15, 0.2) is 5.78 Å².